The summed E-state index contributed by atoms with van der Waals surface area (Å²) in [6.07, 6.45) is -0.355. The van der Waals surface area contributed by atoms with Gasteiger partial charge in [-0.2, -0.15) is 0 Å². The molecule has 0 radical (unpaired) electrons. The summed E-state index contributed by atoms with van der Waals surface area (Å²) >= 11 is 5.57. The fourth-order valence-corrected chi connectivity index (χ4v) is 1.65. The van der Waals surface area contributed by atoms with Crippen molar-refractivity contribution in [3.8, 4) is 0 Å². The monoisotopic (exact) mass is 229 g/mol. The van der Waals surface area contributed by atoms with E-state index in [2.05, 4.69) is 20.8 Å². The Morgan fingerprint density at radius 3 is 1.77 bits per heavy atom. The quantitative estimate of drug-likeness (QED) is 0.433. The Balaban J connectivity index is 0. The molecule has 0 bridgehead atoms. The predicted molar refractivity (Wildman–Crippen MR) is 53.5 cm³/mol. The summed E-state index contributed by atoms with van der Waals surface area (Å²) in [7, 11) is 0. The molecule has 0 aliphatic heterocycles. The van der Waals surface area contributed by atoms with Crippen LogP contribution in [-0.4, -0.2) is 47.8 Å². The van der Waals surface area contributed by atoms with E-state index in [1.165, 1.54) is 0 Å². The molecule has 82 valence electrons. The van der Waals surface area contributed by atoms with Crippen LogP contribution in [-0.2, 0) is 0 Å². The second-order valence-corrected chi connectivity index (χ2v) is 3.59. The topological polar surface area (TPSA) is 20.2 Å². The third-order valence-electron chi connectivity index (χ3n) is 2.79. The average molecular weight is 230 g/mol. The standard InChI is InChI=1S/C9H21ClNO.ClH/c1-4-11(5-2,6-3)8-9(12)7-10;/h9,12H,4-8H2,1-3H3;1H/q+1;/p-1. The predicted octanol–water partition coefficient (Wildman–Crippen LogP) is -1.53. The fourth-order valence-electron chi connectivity index (χ4n) is 1.55. The normalized spacial score (nSPS) is 13.6. The van der Waals surface area contributed by atoms with Crippen molar-refractivity contribution < 1.29 is 22.0 Å². The Hall–Kier alpha value is 0.500. The lowest BCUT2D eigenvalue weighted by atomic mass is 10.2. The largest absolute Gasteiger partial charge is 1.00 e. The van der Waals surface area contributed by atoms with Crippen molar-refractivity contribution in [2.24, 2.45) is 0 Å². The number of nitrogens with zero attached hydrogens (tertiary/aromatic N) is 1. The fraction of sp³-hybridized carbons (Fsp3) is 1.00. The van der Waals surface area contributed by atoms with Crippen LogP contribution in [0.15, 0.2) is 0 Å². The Kier molecular flexibility index (Phi) is 9.65. The minimum absolute atomic E-state index is 0. The molecule has 1 unspecified atom stereocenters. The number of aliphatic hydroxyl groups is 1. The molecule has 1 N–H and O–H groups in total. The average Bonchev–Trinajstić information content (AvgIpc) is 2.14. The maximum absolute atomic E-state index is 9.44. The first-order valence-electron chi connectivity index (χ1n) is 4.73. The Labute approximate surface area is 92.9 Å². The number of aliphatic hydroxyl groups excluding tert-OH is 1. The van der Waals surface area contributed by atoms with Crippen LogP contribution in [0.5, 0.6) is 0 Å². The minimum atomic E-state index is -0.355. The third kappa shape index (κ3) is 5.06. The van der Waals surface area contributed by atoms with Crippen LogP contribution < -0.4 is 12.4 Å². The van der Waals surface area contributed by atoms with Gasteiger partial charge in [-0.25, -0.2) is 0 Å². The van der Waals surface area contributed by atoms with Gasteiger partial charge in [-0.3, -0.25) is 0 Å². The van der Waals surface area contributed by atoms with E-state index in [1.54, 1.807) is 0 Å². The lowest BCUT2D eigenvalue weighted by Gasteiger charge is -2.37. The van der Waals surface area contributed by atoms with E-state index in [4.69, 9.17) is 11.6 Å². The van der Waals surface area contributed by atoms with Crippen molar-refractivity contribution in [2.75, 3.05) is 32.1 Å². The van der Waals surface area contributed by atoms with Crippen LogP contribution in [0.25, 0.3) is 0 Å². The Bertz CT molecular complexity index is 110. The molecule has 0 spiro atoms. The van der Waals surface area contributed by atoms with Crippen LogP contribution in [0.4, 0.5) is 0 Å². The van der Waals surface area contributed by atoms with Crippen molar-refractivity contribution in [1.82, 2.24) is 0 Å². The van der Waals surface area contributed by atoms with Crippen LogP contribution in [0.1, 0.15) is 20.8 Å². The number of quaternary nitrogens is 1. The first kappa shape index (κ1) is 15.9. The lowest BCUT2D eigenvalue weighted by molar-refractivity contribution is -0.925. The smallest absolute Gasteiger partial charge is 0.116 e. The van der Waals surface area contributed by atoms with Gasteiger partial charge in [-0.05, 0) is 20.8 Å². The third-order valence-corrected chi connectivity index (χ3v) is 3.14. The van der Waals surface area contributed by atoms with Gasteiger partial charge in [0, 0.05) is 0 Å². The molecule has 0 aromatic heterocycles. The molecule has 0 rings (SSSR count). The van der Waals surface area contributed by atoms with E-state index < -0.39 is 0 Å². The van der Waals surface area contributed by atoms with Gasteiger partial charge in [0.2, 0.25) is 0 Å². The highest BCUT2D eigenvalue weighted by molar-refractivity contribution is 6.18. The van der Waals surface area contributed by atoms with Gasteiger partial charge < -0.3 is 22.0 Å². The zero-order valence-corrected chi connectivity index (χ0v) is 10.3. The number of alkyl halides is 1. The molecule has 0 aromatic carbocycles. The molecule has 0 amide bonds. The van der Waals surface area contributed by atoms with Crippen molar-refractivity contribution >= 4 is 11.6 Å². The molecule has 0 saturated heterocycles. The molecule has 0 heterocycles. The van der Waals surface area contributed by atoms with Crippen LogP contribution in [0.3, 0.4) is 0 Å². The SMILES string of the molecule is CC[N+](CC)(CC)CC(O)CCl.[Cl-]. The van der Waals surface area contributed by atoms with Gasteiger partial charge in [-0.1, -0.05) is 0 Å². The van der Waals surface area contributed by atoms with E-state index in [-0.39, 0.29) is 18.5 Å². The molecule has 13 heavy (non-hydrogen) atoms. The molecular formula is C9H21Cl2NO. The highest BCUT2D eigenvalue weighted by Crippen LogP contribution is 2.07. The maximum Gasteiger partial charge on any atom is 0.116 e. The summed E-state index contributed by atoms with van der Waals surface area (Å²) in [6.45, 7) is 10.5. The molecule has 1 atom stereocenters. The number of hydrogen-bond acceptors (Lipinski definition) is 1. The molecular weight excluding hydrogens is 209 g/mol. The van der Waals surface area contributed by atoms with Gasteiger partial charge in [0.1, 0.15) is 12.6 Å². The summed E-state index contributed by atoms with van der Waals surface area (Å²) in [5.74, 6) is 0.347. The molecule has 4 heteroatoms. The zero-order chi connectivity index (χ0) is 9.61. The highest BCUT2D eigenvalue weighted by Gasteiger charge is 2.24. The van der Waals surface area contributed by atoms with Gasteiger partial charge in [0.15, 0.2) is 0 Å². The summed E-state index contributed by atoms with van der Waals surface area (Å²) in [4.78, 5) is 0. The summed E-state index contributed by atoms with van der Waals surface area (Å²) < 4.78 is 0.966. The van der Waals surface area contributed by atoms with E-state index >= 15 is 0 Å². The Morgan fingerprint density at radius 1 is 1.15 bits per heavy atom. The number of likely N-dealkylation sites (N-methyl/N-ethyl adjacent to an activating group) is 1. The van der Waals surface area contributed by atoms with Crippen LogP contribution >= 0.6 is 11.6 Å². The molecule has 2 nitrogen and oxygen atoms in total. The van der Waals surface area contributed by atoms with Gasteiger partial charge in [0.05, 0.1) is 25.5 Å². The molecule has 0 fully saturated rings. The highest BCUT2D eigenvalue weighted by atomic mass is 35.5. The maximum atomic E-state index is 9.44. The number of halogens is 2. The van der Waals surface area contributed by atoms with E-state index in [0.29, 0.717) is 5.88 Å². The van der Waals surface area contributed by atoms with Crippen LogP contribution in [0, 0.1) is 0 Å². The molecule has 0 saturated carbocycles. The van der Waals surface area contributed by atoms with Crippen molar-refractivity contribution in [2.45, 2.75) is 26.9 Å². The number of rotatable bonds is 6. The second-order valence-electron chi connectivity index (χ2n) is 3.28. The van der Waals surface area contributed by atoms with Gasteiger partial charge in [0.25, 0.3) is 0 Å². The van der Waals surface area contributed by atoms with Crippen molar-refractivity contribution in [1.29, 1.82) is 0 Å². The van der Waals surface area contributed by atoms with Crippen molar-refractivity contribution in [3.63, 3.8) is 0 Å². The molecule has 0 aliphatic carbocycles. The van der Waals surface area contributed by atoms with E-state index in [1.807, 2.05) is 0 Å². The Morgan fingerprint density at radius 2 is 1.54 bits per heavy atom. The second kappa shape index (κ2) is 7.86. The van der Waals surface area contributed by atoms with Gasteiger partial charge in [-0.15, -0.1) is 11.6 Å². The minimum Gasteiger partial charge on any atom is -1.00 e. The van der Waals surface area contributed by atoms with E-state index in [0.717, 1.165) is 30.7 Å². The number of hydrogen-bond donors (Lipinski definition) is 1. The van der Waals surface area contributed by atoms with Gasteiger partial charge >= 0.3 is 0 Å². The lowest BCUT2D eigenvalue weighted by Crippen LogP contribution is -3.00. The summed E-state index contributed by atoms with van der Waals surface area (Å²) in [5, 5.41) is 9.44. The zero-order valence-electron chi connectivity index (χ0n) is 8.76. The van der Waals surface area contributed by atoms with Crippen molar-refractivity contribution in [3.05, 3.63) is 0 Å². The molecule has 0 aliphatic rings. The molecule has 0 aromatic rings. The van der Waals surface area contributed by atoms with E-state index in [9.17, 15) is 5.11 Å². The first-order valence-corrected chi connectivity index (χ1v) is 5.26. The summed E-state index contributed by atoms with van der Waals surface area (Å²) in [6, 6.07) is 0. The first-order chi connectivity index (χ1) is 5.64. The van der Waals surface area contributed by atoms with Crippen LogP contribution in [0.2, 0.25) is 0 Å². The summed E-state index contributed by atoms with van der Waals surface area (Å²) in [5.41, 5.74) is 0.